The predicted molar refractivity (Wildman–Crippen MR) is 61.6 cm³/mol. The molecule has 1 unspecified atom stereocenters. The van der Waals surface area contributed by atoms with Crippen molar-refractivity contribution in [3.05, 3.63) is 29.6 Å². The van der Waals surface area contributed by atoms with Gasteiger partial charge < -0.3 is 15.2 Å². The summed E-state index contributed by atoms with van der Waals surface area (Å²) < 4.78 is 17.4. The molecule has 6 heteroatoms. The van der Waals surface area contributed by atoms with Crippen LogP contribution in [0.5, 0.6) is 5.75 Å². The summed E-state index contributed by atoms with van der Waals surface area (Å²) in [6.07, 6.45) is 0. The van der Waals surface area contributed by atoms with Gasteiger partial charge in [0.2, 0.25) is 0 Å². The molecular formula is C12H14FNO4. The molecule has 0 aliphatic rings. The van der Waals surface area contributed by atoms with E-state index in [1.807, 2.05) is 0 Å². The number of halogens is 1. The van der Waals surface area contributed by atoms with Crippen molar-refractivity contribution >= 4 is 11.9 Å². The largest absolute Gasteiger partial charge is 0.507 e. The summed E-state index contributed by atoms with van der Waals surface area (Å²) in [4.78, 5) is 23.0. The number of aromatic hydroxyl groups is 1. The van der Waals surface area contributed by atoms with Gasteiger partial charge in [-0.15, -0.1) is 0 Å². The van der Waals surface area contributed by atoms with Crippen LogP contribution < -0.4 is 5.32 Å². The van der Waals surface area contributed by atoms with Crippen LogP contribution in [0.4, 0.5) is 4.39 Å². The topological polar surface area (TPSA) is 75.6 Å². The number of carbonyl (C=O) groups is 2. The molecule has 5 nitrogen and oxygen atoms in total. The second-order valence-electron chi connectivity index (χ2n) is 3.61. The fourth-order valence-electron chi connectivity index (χ4n) is 1.30. The number of carbonyl (C=O) groups excluding carboxylic acids is 2. The standard InChI is InChI=1S/C12H14FNO4/c1-3-18-12(17)7(2)14-11(16)9-5-4-8(13)6-10(9)15/h4-7,15H,3H2,1-2H3,(H,14,16). The zero-order chi connectivity index (χ0) is 13.7. The number of nitrogens with one attached hydrogen (secondary N) is 1. The maximum Gasteiger partial charge on any atom is 0.328 e. The van der Waals surface area contributed by atoms with E-state index >= 15 is 0 Å². The molecule has 1 amide bonds. The Hall–Kier alpha value is -2.11. The smallest absolute Gasteiger partial charge is 0.328 e. The highest BCUT2D eigenvalue weighted by molar-refractivity contribution is 5.98. The van der Waals surface area contributed by atoms with E-state index in [9.17, 15) is 19.1 Å². The van der Waals surface area contributed by atoms with Gasteiger partial charge in [0.05, 0.1) is 12.2 Å². The molecule has 0 heterocycles. The second kappa shape index (κ2) is 6.00. The maximum atomic E-state index is 12.7. The fraction of sp³-hybridized carbons (Fsp3) is 0.333. The molecule has 0 aromatic heterocycles. The van der Waals surface area contributed by atoms with Gasteiger partial charge in [-0.3, -0.25) is 4.79 Å². The monoisotopic (exact) mass is 255 g/mol. The number of rotatable bonds is 4. The van der Waals surface area contributed by atoms with Crippen LogP contribution in [0.15, 0.2) is 18.2 Å². The van der Waals surface area contributed by atoms with E-state index in [-0.39, 0.29) is 12.2 Å². The quantitative estimate of drug-likeness (QED) is 0.793. The second-order valence-corrected chi connectivity index (χ2v) is 3.61. The van der Waals surface area contributed by atoms with Crippen LogP contribution in [0, 0.1) is 5.82 Å². The molecule has 98 valence electrons. The molecule has 0 aliphatic carbocycles. The highest BCUT2D eigenvalue weighted by atomic mass is 19.1. The lowest BCUT2D eigenvalue weighted by atomic mass is 10.1. The average Bonchev–Trinajstić information content (AvgIpc) is 2.28. The molecule has 0 fully saturated rings. The Balaban J connectivity index is 2.73. The van der Waals surface area contributed by atoms with E-state index in [0.29, 0.717) is 0 Å². The van der Waals surface area contributed by atoms with Gasteiger partial charge in [-0.05, 0) is 26.0 Å². The summed E-state index contributed by atoms with van der Waals surface area (Å²) in [5, 5.41) is 11.7. The van der Waals surface area contributed by atoms with Gasteiger partial charge in [-0.1, -0.05) is 0 Å². The molecule has 0 spiro atoms. The summed E-state index contributed by atoms with van der Waals surface area (Å²) in [6, 6.07) is 2.16. The summed E-state index contributed by atoms with van der Waals surface area (Å²) in [5.74, 6) is -2.38. The molecule has 0 saturated carbocycles. The van der Waals surface area contributed by atoms with Crippen LogP contribution in [-0.4, -0.2) is 29.6 Å². The third-order valence-corrected chi connectivity index (χ3v) is 2.19. The average molecular weight is 255 g/mol. The molecular weight excluding hydrogens is 241 g/mol. The number of benzene rings is 1. The SMILES string of the molecule is CCOC(=O)C(C)NC(=O)c1ccc(F)cc1O. The molecule has 0 radical (unpaired) electrons. The Morgan fingerprint density at radius 1 is 1.50 bits per heavy atom. The van der Waals surface area contributed by atoms with Crippen molar-refractivity contribution < 1.29 is 23.8 Å². The van der Waals surface area contributed by atoms with Crippen molar-refractivity contribution in [3.8, 4) is 5.75 Å². The number of esters is 1. The van der Waals surface area contributed by atoms with Crippen LogP contribution in [0.3, 0.4) is 0 Å². The van der Waals surface area contributed by atoms with Crippen LogP contribution in [-0.2, 0) is 9.53 Å². The number of phenols is 1. The third-order valence-electron chi connectivity index (χ3n) is 2.19. The molecule has 18 heavy (non-hydrogen) atoms. The van der Waals surface area contributed by atoms with Crippen molar-refractivity contribution in [2.24, 2.45) is 0 Å². The van der Waals surface area contributed by atoms with Crippen molar-refractivity contribution in [1.29, 1.82) is 0 Å². The van der Waals surface area contributed by atoms with E-state index < -0.39 is 29.5 Å². The Morgan fingerprint density at radius 2 is 2.17 bits per heavy atom. The molecule has 1 rings (SSSR count). The fourth-order valence-corrected chi connectivity index (χ4v) is 1.30. The zero-order valence-electron chi connectivity index (χ0n) is 10.1. The normalized spacial score (nSPS) is 11.7. The number of amides is 1. The summed E-state index contributed by atoms with van der Waals surface area (Å²) in [5.41, 5.74) is -0.104. The molecule has 0 aliphatic heterocycles. The lowest BCUT2D eigenvalue weighted by molar-refractivity contribution is -0.144. The Bertz CT molecular complexity index is 461. The number of hydrogen-bond acceptors (Lipinski definition) is 4. The lowest BCUT2D eigenvalue weighted by Gasteiger charge is -2.13. The molecule has 1 aromatic carbocycles. The summed E-state index contributed by atoms with van der Waals surface area (Å²) in [6.45, 7) is 3.32. The molecule has 1 aromatic rings. The zero-order valence-corrected chi connectivity index (χ0v) is 10.1. The van der Waals surface area contributed by atoms with Crippen molar-refractivity contribution in [2.45, 2.75) is 19.9 Å². The van der Waals surface area contributed by atoms with Crippen LogP contribution in [0.2, 0.25) is 0 Å². The molecule has 1 atom stereocenters. The van der Waals surface area contributed by atoms with Crippen LogP contribution in [0.1, 0.15) is 24.2 Å². The minimum atomic E-state index is -0.845. The Labute approximate surface area is 104 Å². The predicted octanol–water partition coefficient (Wildman–Crippen LogP) is 1.21. The first kappa shape index (κ1) is 14.0. The van der Waals surface area contributed by atoms with E-state index in [4.69, 9.17) is 4.74 Å². The van der Waals surface area contributed by atoms with E-state index in [0.717, 1.165) is 18.2 Å². The highest BCUT2D eigenvalue weighted by Gasteiger charge is 2.19. The van der Waals surface area contributed by atoms with Gasteiger partial charge in [0.15, 0.2) is 0 Å². The molecule has 0 bridgehead atoms. The van der Waals surface area contributed by atoms with Crippen LogP contribution >= 0.6 is 0 Å². The first-order chi connectivity index (χ1) is 8.45. The van der Waals surface area contributed by atoms with Gasteiger partial charge >= 0.3 is 5.97 Å². The van der Waals surface area contributed by atoms with Crippen molar-refractivity contribution in [2.75, 3.05) is 6.61 Å². The maximum absolute atomic E-state index is 12.7. The Morgan fingerprint density at radius 3 is 2.72 bits per heavy atom. The number of ether oxygens (including phenoxy) is 1. The first-order valence-electron chi connectivity index (χ1n) is 5.41. The van der Waals surface area contributed by atoms with Crippen molar-refractivity contribution in [1.82, 2.24) is 5.32 Å². The number of phenolic OH excluding ortho intramolecular Hbond substituents is 1. The van der Waals surface area contributed by atoms with Crippen molar-refractivity contribution in [3.63, 3.8) is 0 Å². The van der Waals surface area contributed by atoms with Gasteiger partial charge in [-0.25, -0.2) is 9.18 Å². The van der Waals surface area contributed by atoms with E-state index in [1.54, 1.807) is 6.92 Å². The Kier molecular flexibility index (Phi) is 4.65. The van der Waals surface area contributed by atoms with E-state index in [1.165, 1.54) is 6.92 Å². The van der Waals surface area contributed by atoms with E-state index in [2.05, 4.69) is 5.32 Å². The van der Waals surface area contributed by atoms with Gasteiger partial charge in [-0.2, -0.15) is 0 Å². The highest BCUT2D eigenvalue weighted by Crippen LogP contribution is 2.17. The first-order valence-corrected chi connectivity index (χ1v) is 5.41. The summed E-state index contributed by atoms with van der Waals surface area (Å²) >= 11 is 0. The van der Waals surface area contributed by atoms with Gasteiger partial charge in [0, 0.05) is 6.07 Å². The summed E-state index contributed by atoms with van der Waals surface area (Å²) in [7, 11) is 0. The van der Waals surface area contributed by atoms with Gasteiger partial charge in [0.1, 0.15) is 17.6 Å². The minimum absolute atomic E-state index is 0.104. The lowest BCUT2D eigenvalue weighted by Crippen LogP contribution is -2.39. The molecule has 0 saturated heterocycles. The van der Waals surface area contributed by atoms with Gasteiger partial charge in [0.25, 0.3) is 5.91 Å². The number of hydrogen-bond donors (Lipinski definition) is 2. The van der Waals surface area contributed by atoms with Crippen LogP contribution in [0.25, 0.3) is 0 Å². The minimum Gasteiger partial charge on any atom is -0.507 e. The molecule has 2 N–H and O–H groups in total. The third kappa shape index (κ3) is 3.44.